The number of hydrogen-bond donors (Lipinski definition) is 2. The smallest absolute Gasteiger partial charge is 0.237 e. The summed E-state index contributed by atoms with van der Waals surface area (Å²) < 4.78 is 0. The van der Waals surface area contributed by atoms with Crippen molar-refractivity contribution >= 4 is 5.91 Å². The average molecular weight is 182 g/mol. The zero-order valence-corrected chi connectivity index (χ0v) is 7.96. The van der Waals surface area contributed by atoms with Gasteiger partial charge in [0, 0.05) is 6.54 Å². The minimum atomic E-state index is -0.419. The van der Waals surface area contributed by atoms with Crippen LogP contribution in [-0.4, -0.2) is 18.5 Å². The van der Waals surface area contributed by atoms with Gasteiger partial charge in [0.15, 0.2) is 0 Å². The van der Waals surface area contributed by atoms with Crippen LogP contribution in [0.4, 0.5) is 0 Å². The highest BCUT2D eigenvalue weighted by Crippen LogP contribution is 2.25. The van der Waals surface area contributed by atoms with E-state index in [9.17, 15) is 4.79 Å². The van der Waals surface area contributed by atoms with E-state index in [1.54, 1.807) is 6.08 Å². The van der Waals surface area contributed by atoms with Crippen LogP contribution in [0.15, 0.2) is 12.7 Å². The Morgan fingerprint density at radius 3 is 2.85 bits per heavy atom. The molecule has 0 radical (unpaired) electrons. The third-order valence-corrected chi connectivity index (χ3v) is 2.55. The molecule has 1 aliphatic rings. The Bertz CT molecular complexity index is 187. The van der Waals surface area contributed by atoms with Crippen LogP contribution in [0.1, 0.15) is 25.7 Å². The van der Waals surface area contributed by atoms with Gasteiger partial charge in [0.25, 0.3) is 0 Å². The van der Waals surface area contributed by atoms with Gasteiger partial charge in [-0.2, -0.15) is 0 Å². The second-order valence-corrected chi connectivity index (χ2v) is 3.67. The molecule has 1 aliphatic carbocycles. The van der Waals surface area contributed by atoms with E-state index in [0.29, 0.717) is 12.3 Å². The van der Waals surface area contributed by atoms with E-state index in [1.165, 1.54) is 19.3 Å². The quantitative estimate of drug-likeness (QED) is 0.618. The SMILES string of the molecule is C=CCC(N)C(=O)NCC1CCC1. The Morgan fingerprint density at radius 2 is 2.38 bits per heavy atom. The van der Waals surface area contributed by atoms with Crippen molar-refractivity contribution in [2.45, 2.75) is 31.7 Å². The minimum Gasteiger partial charge on any atom is -0.354 e. The molecule has 13 heavy (non-hydrogen) atoms. The van der Waals surface area contributed by atoms with Crippen LogP contribution in [0.2, 0.25) is 0 Å². The number of rotatable bonds is 5. The fourth-order valence-electron chi connectivity index (χ4n) is 1.36. The highest BCUT2D eigenvalue weighted by atomic mass is 16.2. The van der Waals surface area contributed by atoms with Crippen LogP contribution < -0.4 is 11.1 Å². The summed E-state index contributed by atoms with van der Waals surface area (Å²) in [5, 5.41) is 2.86. The van der Waals surface area contributed by atoms with Crippen LogP contribution in [-0.2, 0) is 4.79 Å². The van der Waals surface area contributed by atoms with Crippen molar-refractivity contribution in [1.82, 2.24) is 5.32 Å². The standard InChI is InChI=1S/C10H18N2O/c1-2-4-9(11)10(13)12-7-8-5-3-6-8/h2,8-9H,1,3-7,11H2,(H,12,13). The van der Waals surface area contributed by atoms with E-state index in [4.69, 9.17) is 5.73 Å². The maximum atomic E-state index is 11.3. The number of carbonyl (C=O) groups is 1. The predicted octanol–water partition coefficient (Wildman–Crippen LogP) is 0.806. The van der Waals surface area contributed by atoms with Crippen molar-refractivity contribution in [2.75, 3.05) is 6.54 Å². The molecule has 1 atom stereocenters. The molecule has 0 saturated heterocycles. The summed E-state index contributed by atoms with van der Waals surface area (Å²) >= 11 is 0. The number of hydrogen-bond acceptors (Lipinski definition) is 2. The minimum absolute atomic E-state index is 0.0493. The summed E-state index contributed by atoms with van der Waals surface area (Å²) in [4.78, 5) is 11.3. The molecule has 74 valence electrons. The van der Waals surface area contributed by atoms with E-state index >= 15 is 0 Å². The number of amides is 1. The molecule has 0 aliphatic heterocycles. The van der Waals surface area contributed by atoms with E-state index < -0.39 is 6.04 Å². The van der Waals surface area contributed by atoms with Crippen LogP contribution >= 0.6 is 0 Å². The lowest BCUT2D eigenvalue weighted by Gasteiger charge is -2.25. The van der Waals surface area contributed by atoms with Gasteiger partial charge < -0.3 is 11.1 Å². The molecule has 0 aromatic carbocycles. The Hall–Kier alpha value is -0.830. The molecule has 1 rings (SSSR count). The van der Waals surface area contributed by atoms with Crippen LogP contribution in [0.3, 0.4) is 0 Å². The second-order valence-electron chi connectivity index (χ2n) is 3.67. The van der Waals surface area contributed by atoms with Crippen molar-refractivity contribution in [3.8, 4) is 0 Å². The van der Waals surface area contributed by atoms with Gasteiger partial charge in [0.1, 0.15) is 0 Å². The molecule has 0 spiro atoms. The van der Waals surface area contributed by atoms with Gasteiger partial charge in [0.2, 0.25) is 5.91 Å². The molecule has 3 heteroatoms. The molecule has 1 amide bonds. The molecule has 3 nitrogen and oxygen atoms in total. The zero-order chi connectivity index (χ0) is 9.68. The van der Waals surface area contributed by atoms with Crippen LogP contribution in [0.25, 0.3) is 0 Å². The average Bonchev–Trinajstić information content (AvgIpc) is 2.01. The Morgan fingerprint density at radius 1 is 1.69 bits per heavy atom. The third-order valence-electron chi connectivity index (χ3n) is 2.55. The van der Waals surface area contributed by atoms with E-state index in [2.05, 4.69) is 11.9 Å². The molecule has 0 bridgehead atoms. The summed E-state index contributed by atoms with van der Waals surface area (Å²) in [5.41, 5.74) is 5.59. The van der Waals surface area contributed by atoms with Gasteiger partial charge in [-0.15, -0.1) is 6.58 Å². The van der Waals surface area contributed by atoms with Crippen molar-refractivity contribution in [1.29, 1.82) is 0 Å². The van der Waals surface area contributed by atoms with Crippen molar-refractivity contribution in [2.24, 2.45) is 11.7 Å². The first kappa shape index (κ1) is 10.3. The lowest BCUT2D eigenvalue weighted by Crippen LogP contribution is -2.42. The van der Waals surface area contributed by atoms with Gasteiger partial charge in [-0.25, -0.2) is 0 Å². The number of nitrogens with two attached hydrogens (primary N) is 1. The van der Waals surface area contributed by atoms with Crippen molar-refractivity contribution in [3.05, 3.63) is 12.7 Å². The normalized spacial score (nSPS) is 18.8. The van der Waals surface area contributed by atoms with Gasteiger partial charge in [0.05, 0.1) is 6.04 Å². The van der Waals surface area contributed by atoms with E-state index in [0.717, 1.165) is 6.54 Å². The van der Waals surface area contributed by atoms with Crippen LogP contribution in [0, 0.1) is 5.92 Å². The van der Waals surface area contributed by atoms with E-state index in [1.807, 2.05) is 0 Å². The third kappa shape index (κ3) is 3.19. The van der Waals surface area contributed by atoms with Crippen molar-refractivity contribution < 1.29 is 4.79 Å². The van der Waals surface area contributed by atoms with Gasteiger partial charge in [-0.1, -0.05) is 12.5 Å². The molecule has 0 aromatic heterocycles. The highest BCUT2D eigenvalue weighted by molar-refractivity contribution is 5.81. The molecular formula is C10H18N2O. The Labute approximate surface area is 79.4 Å². The molecule has 1 saturated carbocycles. The summed E-state index contributed by atoms with van der Waals surface area (Å²) in [6, 6.07) is -0.419. The molecule has 0 heterocycles. The maximum Gasteiger partial charge on any atom is 0.237 e. The maximum absolute atomic E-state index is 11.3. The largest absolute Gasteiger partial charge is 0.354 e. The Kier molecular flexibility index (Phi) is 3.96. The first-order valence-electron chi connectivity index (χ1n) is 4.88. The number of carbonyl (C=O) groups excluding carboxylic acids is 1. The monoisotopic (exact) mass is 182 g/mol. The first-order valence-corrected chi connectivity index (χ1v) is 4.88. The highest BCUT2D eigenvalue weighted by Gasteiger charge is 2.19. The lowest BCUT2D eigenvalue weighted by atomic mass is 9.85. The predicted molar refractivity (Wildman–Crippen MR) is 53.1 cm³/mol. The second kappa shape index (κ2) is 5.02. The topological polar surface area (TPSA) is 55.1 Å². The fraction of sp³-hybridized carbons (Fsp3) is 0.700. The summed E-state index contributed by atoms with van der Waals surface area (Å²) in [5.74, 6) is 0.645. The van der Waals surface area contributed by atoms with Gasteiger partial charge >= 0.3 is 0 Å². The van der Waals surface area contributed by atoms with Crippen molar-refractivity contribution in [3.63, 3.8) is 0 Å². The summed E-state index contributed by atoms with van der Waals surface area (Å²) in [6.45, 7) is 4.34. The van der Waals surface area contributed by atoms with Gasteiger partial charge in [-0.3, -0.25) is 4.79 Å². The Balaban J connectivity index is 2.11. The zero-order valence-electron chi connectivity index (χ0n) is 7.96. The van der Waals surface area contributed by atoms with Gasteiger partial charge in [-0.05, 0) is 25.2 Å². The first-order chi connectivity index (χ1) is 6.24. The summed E-state index contributed by atoms with van der Waals surface area (Å²) in [7, 11) is 0. The molecule has 1 unspecified atom stereocenters. The lowest BCUT2D eigenvalue weighted by molar-refractivity contribution is -0.122. The molecule has 3 N–H and O–H groups in total. The number of nitrogens with one attached hydrogen (secondary N) is 1. The van der Waals surface area contributed by atoms with E-state index in [-0.39, 0.29) is 5.91 Å². The molecule has 1 fully saturated rings. The fourth-order valence-corrected chi connectivity index (χ4v) is 1.36. The molecule has 0 aromatic rings. The van der Waals surface area contributed by atoms with Crippen LogP contribution in [0.5, 0.6) is 0 Å². The molecular weight excluding hydrogens is 164 g/mol. The summed E-state index contributed by atoms with van der Waals surface area (Å²) in [6.07, 6.45) is 6.03.